The molecule has 2 aromatic carbocycles. The molecule has 1 aliphatic heterocycles. The highest BCUT2D eigenvalue weighted by Gasteiger charge is 2.25. The first-order valence-corrected chi connectivity index (χ1v) is 8.15. The Kier molecular flexibility index (Phi) is 4.60. The summed E-state index contributed by atoms with van der Waals surface area (Å²) in [7, 11) is 0. The van der Waals surface area contributed by atoms with Crippen LogP contribution in [0.25, 0.3) is 0 Å². The second-order valence-electron chi connectivity index (χ2n) is 6.24. The second-order valence-corrected chi connectivity index (χ2v) is 6.24. The second kappa shape index (κ2) is 6.83. The van der Waals surface area contributed by atoms with Gasteiger partial charge in [-0.2, -0.15) is 0 Å². The molecular formula is C19H20N2O3. The molecule has 0 spiro atoms. The van der Waals surface area contributed by atoms with Gasteiger partial charge in [-0.05, 0) is 43.4 Å². The maximum Gasteiger partial charge on any atom is 0.272 e. The number of benzene rings is 2. The zero-order chi connectivity index (χ0) is 17.1. The molecule has 1 saturated heterocycles. The summed E-state index contributed by atoms with van der Waals surface area (Å²) in [6.07, 6.45) is 1.89. The lowest BCUT2D eigenvalue weighted by molar-refractivity contribution is -0.385. The molecule has 1 aliphatic rings. The minimum atomic E-state index is -0.422. The number of hydrogen-bond acceptors (Lipinski definition) is 3. The number of hydrogen-bond donors (Lipinski definition) is 0. The summed E-state index contributed by atoms with van der Waals surface area (Å²) in [5, 5.41) is 10.9. The average Bonchev–Trinajstić information content (AvgIpc) is 2.61. The molecule has 0 atom stereocenters. The molecular weight excluding hydrogens is 304 g/mol. The normalized spacial score (nSPS) is 15.3. The number of piperidine rings is 1. The molecule has 5 nitrogen and oxygen atoms in total. The van der Waals surface area contributed by atoms with Crippen molar-refractivity contribution in [3.8, 4) is 0 Å². The minimum Gasteiger partial charge on any atom is -0.339 e. The number of likely N-dealkylation sites (tertiary alicyclic amines) is 1. The third-order valence-corrected chi connectivity index (χ3v) is 4.69. The lowest BCUT2D eigenvalue weighted by Gasteiger charge is -2.32. The van der Waals surface area contributed by atoms with Crippen molar-refractivity contribution in [2.75, 3.05) is 13.1 Å². The molecule has 2 aromatic rings. The highest BCUT2D eigenvalue weighted by atomic mass is 16.6. The van der Waals surface area contributed by atoms with E-state index in [1.54, 1.807) is 19.1 Å². The highest BCUT2D eigenvalue weighted by Crippen LogP contribution is 2.29. The topological polar surface area (TPSA) is 63.5 Å². The van der Waals surface area contributed by atoms with Gasteiger partial charge in [0.15, 0.2) is 0 Å². The van der Waals surface area contributed by atoms with E-state index in [2.05, 4.69) is 12.1 Å². The number of nitro benzene ring substituents is 1. The van der Waals surface area contributed by atoms with E-state index in [9.17, 15) is 14.9 Å². The van der Waals surface area contributed by atoms with Crippen LogP contribution in [-0.2, 0) is 0 Å². The summed E-state index contributed by atoms with van der Waals surface area (Å²) < 4.78 is 0. The van der Waals surface area contributed by atoms with Crippen LogP contribution in [0.15, 0.2) is 48.5 Å². The van der Waals surface area contributed by atoms with Gasteiger partial charge >= 0.3 is 0 Å². The molecule has 24 heavy (non-hydrogen) atoms. The maximum atomic E-state index is 12.6. The fourth-order valence-electron chi connectivity index (χ4n) is 3.32. The molecule has 124 valence electrons. The molecule has 0 unspecified atom stereocenters. The first-order chi connectivity index (χ1) is 11.6. The van der Waals surface area contributed by atoms with Gasteiger partial charge in [0.2, 0.25) is 0 Å². The van der Waals surface area contributed by atoms with Crippen molar-refractivity contribution in [1.82, 2.24) is 4.90 Å². The monoisotopic (exact) mass is 324 g/mol. The Morgan fingerprint density at radius 1 is 1.12 bits per heavy atom. The van der Waals surface area contributed by atoms with Crippen LogP contribution in [0.3, 0.4) is 0 Å². The molecule has 1 heterocycles. The Balaban J connectivity index is 1.67. The van der Waals surface area contributed by atoms with Gasteiger partial charge in [0, 0.05) is 30.3 Å². The summed E-state index contributed by atoms with van der Waals surface area (Å²) in [6.45, 7) is 3.10. The van der Waals surface area contributed by atoms with Crippen LogP contribution in [0.5, 0.6) is 0 Å². The van der Waals surface area contributed by atoms with E-state index in [4.69, 9.17) is 0 Å². The number of nitrogens with zero attached hydrogens (tertiary/aromatic N) is 2. The summed E-state index contributed by atoms with van der Waals surface area (Å²) >= 11 is 0. The summed E-state index contributed by atoms with van der Waals surface area (Å²) in [5.41, 5.74) is 2.42. The Hall–Kier alpha value is -2.69. The van der Waals surface area contributed by atoms with Gasteiger partial charge in [-0.3, -0.25) is 14.9 Å². The van der Waals surface area contributed by atoms with Crippen LogP contribution in [0.4, 0.5) is 5.69 Å². The molecule has 1 amide bonds. The molecule has 0 aromatic heterocycles. The number of rotatable bonds is 3. The SMILES string of the molecule is Cc1cc(C(=O)N2CCC(c3ccccc3)CC2)ccc1[N+](=O)[O-]. The Morgan fingerprint density at radius 3 is 2.38 bits per heavy atom. The van der Waals surface area contributed by atoms with E-state index in [1.807, 2.05) is 23.1 Å². The predicted octanol–water partition coefficient (Wildman–Crippen LogP) is 3.92. The summed E-state index contributed by atoms with van der Waals surface area (Å²) in [6, 6.07) is 15.0. The maximum absolute atomic E-state index is 12.6. The lowest BCUT2D eigenvalue weighted by Crippen LogP contribution is -2.37. The average molecular weight is 324 g/mol. The zero-order valence-electron chi connectivity index (χ0n) is 13.6. The minimum absolute atomic E-state index is 0.0421. The number of carbonyl (C=O) groups is 1. The standard InChI is InChI=1S/C19H20N2O3/c1-14-13-17(7-8-18(14)21(23)24)19(22)20-11-9-16(10-12-20)15-5-3-2-4-6-15/h2-8,13,16H,9-12H2,1H3. The van der Waals surface area contributed by atoms with Crippen molar-refractivity contribution in [2.45, 2.75) is 25.7 Å². The van der Waals surface area contributed by atoms with Gasteiger partial charge in [-0.1, -0.05) is 30.3 Å². The molecule has 0 bridgehead atoms. The lowest BCUT2D eigenvalue weighted by atomic mass is 9.89. The van der Waals surface area contributed by atoms with Gasteiger partial charge in [0.1, 0.15) is 0 Å². The zero-order valence-corrected chi connectivity index (χ0v) is 13.6. The third-order valence-electron chi connectivity index (χ3n) is 4.69. The number of amides is 1. The quantitative estimate of drug-likeness (QED) is 0.635. The molecule has 1 fully saturated rings. The highest BCUT2D eigenvalue weighted by molar-refractivity contribution is 5.94. The third kappa shape index (κ3) is 3.30. The predicted molar refractivity (Wildman–Crippen MR) is 92.2 cm³/mol. The Morgan fingerprint density at radius 2 is 1.79 bits per heavy atom. The van der Waals surface area contributed by atoms with E-state index in [1.165, 1.54) is 11.6 Å². The number of nitro groups is 1. The fourth-order valence-corrected chi connectivity index (χ4v) is 3.32. The molecule has 5 heteroatoms. The van der Waals surface area contributed by atoms with Crippen LogP contribution in [0.1, 0.15) is 40.2 Å². The van der Waals surface area contributed by atoms with Gasteiger partial charge in [-0.15, -0.1) is 0 Å². The van der Waals surface area contributed by atoms with Gasteiger partial charge < -0.3 is 4.90 Å². The summed E-state index contributed by atoms with van der Waals surface area (Å²) in [4.78, 5) is 24.9. The van der Waals surface area contributed by atoms with Gasteiger partial charge in [0.25, 0.3) is 11.6 Å². The molecule has 0 saturated carbocycles. The van der Waals surface area contributed by atoms with Crippen molar-refractivity contribution in [1.29, 1.82) is 0 Å². The van der Waals surface area contributed by atoms with E-state index in [-0.39, 0.29) is 11.6 Å². The van der Waals surface area contributed by atoms with Crippen molar-refractivity contribution < 1.29 is 9.72 Å². The van der Waals surface area contributed by atoms with Crippen molar-refractivity contribution in [3.63, 3.8) is 0 Å². The van der Waals surface area contributed by atoms with Crippen molar-refractivity contribution in [2.24, 2.45) is 0 Å². The van der Waals surface area contributed by atoms with E-state index < -0.39 is 4.92 Å². The Bertz CT molecular complexity index is 750. The van der Waals surface area contributed by atoms with Crippen molar-refractivity contribution >= 4 is 11.6 Å². The molecule has 0 N–H and O–H groups in total. The van der Waals surface area contributed by atoms with Crippen LogP contribution in [0.2, 0.25) is 0 Å². The van der Waals surface area contributed by atoms with Crippen molar-refractivity contribution in [3.05, 3.63) is 75.3 Å². The number of carbonyl (C=O) groups excluding carboxylic acids is 1. The van der Waals surface area contributed by atoms with Gasteiger partial charge in [-0.25, -0.2) is 0 Å². The van der Waals surface area contributed by atoms with E-state index in [0.717, 1.165) is 12.8 Å². The smallest absolute Gasteiger partial charge is 0.272 e. The Labute approximate surface area is 141 Å². The number of aryl methyl sites for hydroxylation is 1. The molecule has 0 radical (unpaired) electrons. The van der Waals surface area contributed by atoms with E-state index in [0.29, 0.717) is 30.1 Å². The first kappa shape index (κ1) is 16.2. The fraction of sp³-hybridized carbons (Fsp3) is 0.316. The largest absolute Gasteiger partial charge is 0.339 e. The summed E-state index contributed by atoms with van der Waals surface area (Å²) in [5.74, 6) is 0.452. The van der Waals surface area contributed by atoms with Crippen LogP contribution >= 0.6 is 0 Å². The van der Waals surface area contributed by atoms with Crippen LogP contribution in [-0.4, -0.2) is 28.8 Å². The van der Waals surface area contributed by atoms with Crippen LogP contribution < -0.4 is 0 Å². The van der Waals surface area contributed by atoms with E-state index >= 15 is 0 Å². The van der Waals surface area contributed by atoms with Gasteiger partial charge in [0.05, 0.1) is 4.92 Å². The molecule has 3 rings (SSSR count). The van der Waals surface area contributed by atoms with Crippen LogP contribution in [0, 0.1) is 17.0 Å². The molecule has 0 aliphatic carbocycles. The first-order valence-electron chi connectivity index (χ1n) is 8.15.